The quantitative estimate of drug-likeness (QED) is 0.893. The monoisotopic (exact) mass is 272 g/mol. The lowest BCUT2D eigenvalue weighted by atomic mass is 9.93. The van der Waals surface area contributed by atoms with Gasteiger partial charge in [-0.1, -0.05) is 12.1 Å². The second-order valence-electron chi connectivity index (χ2n) is 5.25. The molecule has 5 heteroatoms. The zero-order valence-corrected chi connectivity index (χ0v) is 11.4. The topological polar surface area (TPSA) is 79.3 Å². The molecule has 1 heterocycles. The summed E-state index contributed by atoms with van der Waals surface area (Å²) in [5.41, 5.74) is 0.229. The van der Waals surface area contributed by atoms with E-state index in [0.29, 0.717) is 5.56 Å². The van der Waals surface area contributed by atoms with Crippen molar-refractivity contribution in [1.29, 1.82) is 0 Å². The van der Waals surface area contributed by atoms with Crippen LogP contribution in [-0.2, 0) is 4.79 Å². The zero-order valence-electron chi connectivity index (χ0n) is 11.4. The summed E-state index contributed by atoms with van der Waals surface area (Å²) in [4.78, 5) is 27.4. The summed E-state index contributed by atoms with van der Waals surface area (Å²) in [5, 5.41) is 12.5. The first-order chi connectivity index (χ1) is 9.42. The molecule has 1 amide bonds. The number of hydrogen-bond donors (Lipinski definition) is 2. The Hall–Kier alpha value is -2.43. The minimum atomic E-state index is -1.00. The molecular weight excluding hydrogens is 256 g/mol. The molecule has 1 aromatic heterocycles. The van der Waals surface area contributed by atoms with Gasteiger partial charge in [0.2, 0.25) is 0 Å². The number of carbonyl (C=O) groups is 2. The highest BCUT2D eigenvalue weighted by atomic mass is 16.4. The van der Waals surface area contributed by atoms with Crippen LogP contribution in [0.2, 0.25) is 0 Å². The summed E-state index contributed by atoms with van der Waals surface area (Å²) in [6.45, 7) is 3.21. The van der Waals surface area contributed by atoms with Gasteiger partial charge in [-0.05, 0) is 32.0 Å². The fourth-order valence-electron chi connectivity index (χ4n) is 1.77. The van der Waals surface area contributed by atoms with Crippen LogP contribution in [0.5, 0.6) is 0 Å². The van der Waals surface area contributed by atoms with Gasteiger partial charge in [0, 0.05) is 23.7 Å². The summed E-state index contributed by atoms with van der Waals surface area (Å²) < 4.78 is 0. The lowest BCUT2D eigenvalue weighted by molar-refractivity contribution is -0.146. The molecule has 0 fully saturated rings. The molecule has 0 atom stereocenters. The average Bonchev–Trinajstić information content (AvgIpc) is 2.44. The summed E-state index contributed by atoms with van der Waals surface area (Å²) in [6.07, 6.45) is 1.66. The van der Waals surface area contributed by atoms with Crippen LogP contribution in [0.25, 0.3) is 10.9 Å². The average molecular weight is 272 g/mol. The molecule has 0 spiro atoms. The Morgan fingerprint density at radius 1 is 1.25 bits per heavy atom. The number of carboxylic acid groups (broad SMARTS) is 1. The lowest BCUT2D eigenvalue weighted by Gasteiger charge is -2.19. The fraction of sp³-hybridized carbons (Fsp3) is 0.267. The van der Waals surface area contributed by atoms with Crippen LogP contribution in [0.15, 0.2) is 36.5 Å². The molecule has 0 bridgehead atoms. The van der Waals surface area contributed by atoms with Crippen molar-refractivity contribution in [3.05, 3.63) is 42.1 Å². The van der Waals surface area contributed by atoms with E-state index in [1.165, 1.54) is 0 Å². The summed E-state index contributed by atoms with van der Waals surface area (Å²) in [5.74, 6) is -1.24. The number of aromatic nitrogens is 1. The van der Waals surface area contributed by atoms with Gasteiger partial charge in [-0.15, -0.1) is 0 Å². The molecule has 0 unspecified atom stereocenters. The molecule has 0 radical (unpaired) electrons. The van der Waals surface area contributed by atoms with E-state index < -0.39 is 11.4 Å². The molecule has 1 aromatic carbocycles. The third-order valence-corrected chi connectivity index (χ3v) is 3.16. The van der Waals surface area contributed by atoms with Gasteiger partial charge in [0.25, 0.3) is 5.91 Å². The van der Waals surface area contributed by atoms with Crippen LogP contribution in [0, 0.1) is 5.41 Å². The van der Waals surface area contributed by atoms with E-state index in [2.05, 4.69) is 10.3 Å². The maximum absolute atomic E-state index is 12.2. The highest BCUT2D eigenvalue weighted by Gasteiger charge is 2.27. The molecule has 20 heavy (non-hydrogen) atoms. The highest BCUT2D eigenvalue weighted by Crippen LogP contribution is 2.17. The number of nitrogens with one attached hydrogen (secondary N) is 1. The number of benzene rings is 1. The number of carboxylic acids is 1. The Kier molecular flexibility index (Phi) is 3.70. The van der Waals surface area contributed by atoms with Gasteiger partial charge in [-0.25, -0.2) is 0 Å². The largest absolute Gasteiger partial charge is 0.481 e. The van der Waals surface area contributed by atoms with Gasteiger partial charge < -0.3 is 10.4 Å². The molecular formula is C15H16N2O3. The number of carbonyl (C=O) groups excluding carboxylic acids is 1. The van der Waals surface area contributed by atoms with Crippen molar-refractivity contribution in [2.45, 2.75) is 13.8 Å². The molecule has 0 aliphatic carbocycles. The minimum absolute atomic E-state index is 0.0673. The molecule has 5 nitrogen and oxygen atoms in total. The Bertz CT molecular complexity index is 660. The Labute approximate surface area is 116 Å². The second kappa shape index (κ2) is 5.28. The summed E-state index contributed by atoms with van der Waals surface area (Å²) >= 11 is 0. The Morgan fingerprint density at radius 3 is 2.70 bits per heavy atom. The smallest absolute Gasteiger partial charge is 0.310 e. The molecule has 0 saturated heterocycles. The first-order valence-corrected chi connectivity index (χ1v) is 6.27. The van der Waals surface area contributed by atoms with E-state index in [1.807, 2.05) is 12.1 Å². The molecule has 2 N–H and O–H groups in total. The number of nitrogens with zero attached hydrogens (tertiary/aromatic N) is 1. The Morgan fingerprint density at radius 2 is 2.00 bits per heavy atom. The standard InChI is InChI=1S/C15H16N2O3/c1-15(2,14(19)20)9-17-13(18)11-5-3-7-12-10(11)6-4-8-16-12/h3-8H,9H2,1-2H3,(H,17,18)(H,19,20). The van der Waals surface area contributed by atoms with Crippen molar-refractivity contribution in [2.75, 3.05) is 6.54 Å². The maximum atomic E-state index is 12.2. The van der Waals surface area contributed by atoms with Crippen LogP contribution >= 0.6 is 0 Å². The first-order valence-electron chi connectivity index (χ1n) is 6.27. The van der Waals surface area contributed by atoms with Crippen molar-refractivity contribution in [2.24, 2.45) is 5.41 Å². The maximum Gasteiger partial charge on any atom is 0.310 e. The molecule has 0 aliphatic rings. The van der Waals surface area contributed by atoms with E-state index in [0.717, 1.165) is 10.9 Å². The van der Waals surface area contributed by atoms with Crippen LogP contribution in [0.1, 0.15) is 24.2 Å². The van der Waals surface area contributed by atoms with E-state index in [4.69, 9.17) is 5.11 Å². The van der Waals surface area contributed by atoms with Crippen LogP contribution in [0.3, 0.4) is 0 Å². The fourth-order valence-corrected chi connectivity index (χ4v) is 1.77. The van der Waals surface area contributed by atoms with E-state index in [9.17, 15) is 9.59 Å². The van der Waals surface area contributed by atoms with Crippen molar-refractivity contribution >= 4 is 22.8 Å². The lowest BCUT2D eigenvalue weighted by Crippen LogP contribution is -2.38. The predicted molar refractivity (Wildman–Crippen MR) is 75.5 cm³/mol. The summed E-state index contributed by atoms with van der Waals surface area (Å²) in [6, 6.07) is 8.87. The molecule has 0 saturated carbocycles. The van der Waals surface area contributed by atoms with Crippen molar-refractivity contribution in [3.63, 3.8) is 0 Å². The number of amides is 1. The normalized spacial score (nSPS) is 11.3. The van der Waals surface area contributed by atoms with Gasteiger partial charge in [0.05, 0.1) is 10.9 Å². The minimum Gasteiger partial charge on any atom is -0.481 e. The molecule has 2 rings (SSSR count). The van der Waals surface area contributed by atoms with E-state index in [1.54, 1.807) is 38.2 Å². The van der Waals surface area contributed by atoms with Crippen LogP contribution in [-0.4, -0.2) is 28.5 Å². The molecule has 0 aliphatic heterocycles. The molecule has 2 aromatic rings. The van der Waals surface area contributed by atoms with Gasteiger partial charge in [-0.3, -0.25) is 14.6 Å². The van der Waals surface area contributed by atoms with Gasteiger partial charge >= 0.3 is 5.97 Å². The number of fused-ring (bicyclic) bond motifs is 1. The Balaban J connectivity index is 2.22. The van der Waals surface area contributed by atoms with E-state index in [-0.39, 0.29) is 12.5 Å². The van der Waals surface area contributed by atoms with Crippen molar-refractivity contribution in [3.8, 4) is 0 Å². The predicted octanol–water partition coefficient (Wildman–Crippen LogP) is 2.08. The van der Waals surface area contributed by atoms with E-state index >= 15 is 0 Å². The first kappa shape index (κ1) is 14.0. The van der Waals surface area contributed by atoms with Crippen molar-refractivity contribution < 1.29 is 14.7 Å². The van der Waals surface area contributed by atoms with Crippen LogP contribution in [0.4, 0.5) is 0 Å². The van der Waals surface area contributed by atoms with Gasteiger partial charge in [0.15, 0.2) is 0 Å². The highest BCUT2D eigenvalue weighted by molar-refractivity contribution is 6.06. The van der Waals surface area contributed by atoms with Crippen LogP contribution < -0.4 is 5.32 Å². The second-order valence-corrected chi connectivity index (χ2v) is 5.25. The number of rotatable bonds is 4. The number of hydrogen-bond acceptors (Lipinski definition) is 3. The number of aliphatic carboxylic acids is 1. The molecule has 104 valence electrons. The SMILES string of the molecule is CC(C)(CNC(=O)c1cccc2ncccc12)C(=O)O. The number of pyridine rings is 1. The van der Waals surface area contributed by atoms with Gasteiger partial charge in [0.1, 0.15) is 0 Å². The zero-order chi connectivity index (χ0) is 14.8. The van der Waals surface area contributed by atoms with Crippen molar-refractivity contribution in [1.82, 2.24) is 10.3 Å². The third kappa shape index (κ3) is 2.77. The third-order valence-electron chi connectivity index (χ3n) is 3.16. The summed E-state index contributed by atoms with van der Waals surface area (Å²) in [7, 11) is 0. The van der Waals surface area contributed by atoms with Gasteiger partial charge in [-0.2, -0.15) is 0 Å².